The average Bonchev–Trinajstić information content (AvgIpc) is 2.17. The zero-order valence-electron chi connectivity index (χ0n) is 8.86. The molecule has 1 unspecified atom stereocenters. The molecule has 0 saturated carbocycles. The van der Waals surface area contributed by atoms with Crippen LogP contribution in [0.5, 0.6) is 11.5 Å². The highest BCUT2D eigenvalue weighted by Gasteiger charge is 2.01. The van der Waals surface area contributed by atoms with Crippen LogP contribution in [0.3, 0.4) is 0 Å². The summed E-state index contributed by atoms with van der Waals surface area (Å²) in [5.41, 5.74) is 0. The molecule has 0 fully saturated rings. The molecule has 78 valence electrons. The van der Waals surface area contributed by atoms with Gasteiger partial charge in [-0.25, -0.2) is 0 Å². The van der Waals surface area contributed by atoms with E-state index in [-0.39, 0.29) is 5.75 Å². The fourth-order valence-corrected chi connectivity index (χ4v) is 1.36. The Labute approximate surface area is 85.5 Å². The molecule has 0 bridgehead atoms. The summed E-state index contributed by atoms with van der Waals surface area (Å²) in [5.74, 6) is 1.69. The second kappa shape index (κ2) is 5.53. The third-order valence-corrected chi connectivity index (χ3v) is 2.15. The Hall–Kier alpha value is -1.18. The molecular formula is C12H18O2. The first kappa shape index (κ1) is 10.9. The van der Waals surface area contributed by atoms with Crippen molar-refractivity contribution in [3.05, 3.63) is 24.3 Å². The van der Waals surface area contributed by atoms with E-state index in [1.165, 1.54) is 12.8 Å². The lowest BCUT2D eigenvalue weighted by Gasteiger charge is -2.11. The molecule has 1 rings (SSSR count). The summed E-state index contributed by atoms with van der Waals surface area (Å²) >= 11 is 0. The number of rotatable bonds is 5. The van der Waals surface area contributed by atoms with Gasteiger partial charge in [0.25, 0.3) is 0 Å². The fraction of sp³-hybridized carbons (Fsp3) is 0.500. The van der Waals surface area contributed by atoms with E-state index >= 15 is 0 Å². The molecule has 1 aromatic rings. The molecule has 1 aromatic carbocycles. The maximum Gasteiger partial charge on any atom is 0.119 e. The lowest BCUT2D eigenvalue weighted by molar-refractivity contribution is 0.251. The molecule has 0 spiro atoms. The number of phenolic OH excluding ortho intramolecular Hbond substituents is 1. The van der Waals surface area contributed by atoms with Gasteiger partial charge in [-0.3, -0.25) is 0 Å². The normalized spacial score (nSPS) is 12.4. The zero-order chi connectivity index (χ0) is 10.4. The van der Waals surface area contributed by atoms with Crippen molar-refractivity contribution < 1.29 is 9.84 Å². The van der Waals surface area contributed by atoms with Crippen molar-refractivity contribution in [3.8, 4) is 11.5 Å². The van der Waals surface area contributed by atoms with Crippen LogP contribution in [0, 0.1) is 5.92 Å². The van der Waals surface area contributed by atoms with Crippen LogP contribution in [-0.2, 0) is 0 Å². The van der Waals surface area contributed by atoms with Crippen molar-refractivity contribution in [1.82, 2.24) is 0 Å². The molecule has 2 nitrogen and oxygen atoms in total. The van der Waals surface area contributed by atoms with Crippen molar-refractivity contribution in [2.24, 2.45) is 5.92 Å². The second-order valence-electron chi connectivity index (χ2n) is 3.70. The van der Waals surface area contributed by atoms with E-state index in [4.69, 9.17) is 9.84 Å². The number of benzene rings is 1. The SMILES string of the molecule is CCCC(C)COc1ccc(O)cc1. The van der Waals surface area contributed by atoms with Gasteiger partial charge in [0.1, 0.15) is 11.5 Å². The molecule has 14 heavy (non-hydrogen) atoms. The van der Waals surface area contributed by atoms with Crippen LogP contribution < -0.4 is 4.74 Å². The van der Waals surface area contributed by atoms with Crippen LogP contribution in [0.25, 0.3) is 0 Å². The van der Waals surface area contributed by atoms with Gasteiger partial charge in [-0.15, -0.1) is 0 Å². The molecule has 2 heteroatoms. The number of aromatic hydroxyl groups is 1. The topological polar surface area (TPSA) is 29.5 Å². The Morgan fingerprint density at radius 2 is 1.93 bits per heavy atom. The minimum atomic E-state index is 0.277. The Kier molecular flexibility index (Phi) is 4.30. The molecule has 1 N–H and O–H groups in total. The second-order valence-corrected chi connectivity index (χ2v) is 3.70. The molecule has 0 aliphatic heterocycles. The molecule has 1 atom stereocenters. The predicted molar refractivity (Wildman–Crippen MR) is 57.7 cm³/mol. The first-order valence-corrected chi connectivity index (χ1v) is 5.14. The molecule has 0 amide bonds. The lowest BCUT2D eigenvalue weighted by atomic mass is 10.1. The number of hydrogen-bond acceptors (Lipinski definition) is 2. The molecule has 0 aliphatic carbocycles. The van der Waals surface area contributed by atoms with Crippen molar-refractivity contribution in [3.63, 3.8) is 0 Å². The molecular weight excluding hydrogens is 176 g/mol. The van der Waals surface area contributed by atoms with Gasteiger partial charge in [-0.05, 0) is 36.6 Å². The molecule has 0 aliphatic rings. The van der Waals surface area contributed by atoms with Crippen LogP contribution in [-0.4, -0.2) is 11.7 Å². The van der Waals surface area contributed by atoms with Gasteiger partial charge in [-0.2, -0.15) is 0 Å². The van der Waals surface area contributed by atoms with Crippen molar-refractivity contribution in [1.29, 1.82) is 0 Å². The van der Waals surface area contributed by atoms with Gasteiger partial charge in [0.15, 0.2) is 0 Å². The van der Waals surface area contributed by atoms with E-state index in [2.05, 4.69) is 13.8 Å². The van der Waals surface area contributed by atoms with Gasteiger partial charge in [0.05, 0.1) is 6.61 Å². The first-order chi connectivity index (χ1) is 6.72. The lowest BCUT2D eigenvalue weighted by Crippen LogP contribution is -2.07. The van der Waals surface area contributed by atoms with Gasteiger partial charge in [0, 0.05) is 0 Å². The van der Waals surface area contributed by atoms with E-state index in [0.717, 1.165) is 12.4 Å². The Morgan fingerprint density at radius 1 is 1.29 bits per heavy atom. The van der Waals surface area contributed by atoms with E-state index in [9.17, 15) is 0 Å². The highest BCUT2D eigenvalue weighted by atomic mass is 16.5. The fourth-order valence-electron chi connectivity index (χ4n) is 1.36. The highest BCUT2D eigenvalue weighted by molar-refractivity contribution is 5.29. The van der Waals surface area contributed by atoms with Crippen LogP contribution in [0.2, 0.25) is 0 Å². The smallest absolute Gasteiger partial charge is 0.119 e. The highest BCUT2D eigenvalue weighted by Crippen LogP contribution is 2.17. The summed E-state index contributed by atoms with van der Waals surface area (Å²) < 4.78 is 5.56. The van der Waals surface area contributed by atoms with E-state index in [1.807, 2.05) is 0 Å². The third kappa shape index (κ3) is 3.69. The van der Waals surface area contributed by atoms with Gasteiger partial charge < -0.3 is 9.84 Å². The van der Waals surface area contributed by atoms with E-state index < -0.39 is 0 Å². The molecule has 0 aromatic heterocycles. The monoisotopic (exact) mass is 194 g/mol. The average molecular weight is 194 g/mol. The minimum Gasteiger partial charge on any atom is -0.508 e. The summed E-state index contributed by atoms with van der Waals surface area (Å²) in [6.07, 6.45) is 2.39. The maximum atomic E-state index is 9.06. The van der Waals surface area contributed by atoms with Gasteiger partial charge in [-0.1, -0.05) is 20.3 Å². The van der Waals surface area contributed by atoms with Crippen LogP contribution in [0.4, 0.5) is 0 Å². The standard InChI is InChI=1S/C12H18O2/c1-3-4-10(2)9-14-12-7-5-11(13)6-8-12/h5-8,10,13H,3-4,9H2,1-2H3. The van der Waals surface area contributed by atoms with Crippen LogP contribution in [0.1, 0.15) is 26.7 Å². The van der Waals surface area contributed by atoms with Crippen molar-refractivity contribution in [2.45, 2.75) is 26.7 Å². The van der Waals surface area contributed by atoms with Gasteiger partial charge in [0.2, 0.25) is 0 Å². The largest absolute Gasteiger partial charge is 0.508 e. The predicted octanol–water partition coefficient (Wildman–Crippen LogP) is 3.21. The summed E-state index contributed by atoms with van der Waals surface area (Å²) in [6.45, 7) is 5.11. The molecule has 0 heterocycles. The number of hydrogen-bond donors (Lipinski definition) is 1. The van der Waals surface area contributed by atoms with Crippen LogP contribution >= 0.6 is 0 Å². The Bertz CT molecular complexity index is 254. The summed E-state index contributed by atoms with van der Waals surface area (Å²) in [7, 11) is 0. The first-order valence-electron chi connectivity index (χ1n) is 5.14. The number of phenols is 1. The third-order valence-electron chi connectivity index (χ3n) is 2.15. The Balaban J connectivity index is 2.34. The van der Waals surface area contributed by atoms with Crippen LogP contribution in [0.15, 0.2) is 24.3 Å². The summed E-state index contributed by atoms with van der Waals surface area (Å²) in [6, 6.07) is 6.85. The number of ether oxygens (including phenoxy) is 1. The quantitative estimate of drug-likeness (QED) is 0.780. The Morgan fingerprint density at radius 3 is 2.50 bits per heavy atom. The summed E-state index contributed by atoms with van der Waals surface area (Å²) in [5, 5.41) is 9.06. The minimum absolute atomic E-state index is 0.277. The van der Waals surface area contributed by atoms with E-state index in [1.54, 1.807) is 24.3 Å². The van der Waals surface area contributed by atoms with E-state index in [0.29, 0.717) is 5.92 Å². The zero-order valence-corrected chi connectivity index (χ0v) is 8.86. The van der Waals surface area contributed by atoms with Crippen molar-refractivity contribution in [2.75, 3.05) is 6.61 Å². The maximum absolute atomic E-state index is 9.06. The van der Waals surface area contributed by atoms with Gasteiger partial charge >= 0.3 is 0 Å². The molecule has 0 radical (unpaired) electrons. The molecule has 0 saturated heterocycles. The summed E-state index contributed by atoms with van der Waals surface area (Å²) in [4.78, 5) is 0. The van der Waals surface area contributed by atoms with Crippen molar-refractivity contribution >= 4 is 0 Å².